The van der Waals surface area contributed by atoms with Crippen LogP contribution in [0.3, 0.4) is 0 Å². The number of rotatable bonds is 5. The molecule has 1 aromatic carbocycles. The highest BCUT2D eigenvalue weighted by Crippen LogP contribution is 2.22. The van der Waals surface area contributed by atoms with Crippen molar-refractivity contribution in [3.63, 3.8) is 0 Å². The second kappa shape index (κ2) is 5.83. The summed E-state index contributed by atoms with van der Waals surface area (Å²) in [6.07, 6.45) is 1.52. The quantitative estimate of drug-likeness (QED) is 0.817. The van der Waals surface area contributed by atoms with Crippen LogP contribution in [-0.2, 0) is 10.8 Å². The van der Waals surface area contributed by atoms with E-state index in [0.29, 0.717) is 16.3 Å². The lowest BCUT2D eigenvalue weighted by atomic mass is 9.90. The van der Waals surface area contributed by atoms with Gasteiger partial charge in [-0.2, -0.15) is 5.26 Å². The topological polar surface area (TPSA) is 66.9 Å². The second-order valence-corrected chi connectivity index (χ2v) is 6.23. The van der Waals surface area contributed by atoms with Crippen LogP contribution in [-0.4, -0.2) is 9.96 Å². The fourth-order valence-electron chi connectivity index (χ4n) is 1.50. The van der Waals surface area contributed by atoms with Crippen molar-refractivity contribution in [1.29, 1.82) is 5.26 Å². The number of benzene rings is 1. The molecule has 3 nitrogen and oxygen atoms in total. The molecule has 0 amide bonds. The van der Waals surface area contributed by atoms with Crippen LogP contribution in [0.1, 0.15) is 26.7 Å². The molecular weight excluding hydrogens is 232 g/mol. The zero-order valence-electron chi connectivity index (χ0n) is 10.3. The van der Waals surface area contributed by atoms with Gasteiger partial charge in [0.15, 0.2) is 0 Å². The summed E-state index contributed by atoms with van der Waals surface area (Å²) in [7, 11) is -1.07. The molecule has 0 radical (unpaired) electrons. The summed E-state index contributed by atoms with van der Waals surface area (Å²) >= 11 is 0. The zero-order valence-corrected chi connectivity index (χ0v) is 11.1. The van der Waals surface area contributed by atoms with Crippen molar-refractivity contribution in [3.8, 4) is 6.07 Å². The van der Waals surface area contributed by atoms with Crippen LogP contribution in [0.15, 0.2) is 29.2 Å². The summed E-state index contributed by atoms with van der Waals surface area (Å²) in [5.74, 6) is 0.555. The summed E-state index contributed by atoms with van der Waals surface area (Å²) in [4.78, 5) is 0.697. The minimum atomic E-state index is -1.07. The van der Waals surface area contributed by atoms with Crippen LogP contribution in [0, 0.1) is 16.7 Å². The van der Waals surface area contributed by atoms with E-state index in [1.807, 2.05) is 26.0 Å². The minimum Gasteiger partial charge on any atom is -0.398 e. The molecule has 0 aromatic heterocycles. The van der Waals surface area contributed by atoms with Gasteiger partial charge in [0.2, 0.25) is 0 Å². The maximum Gasteiger partial charge on any atom is 0.0683 e. The number of para-hydroxylation sites is 1. The number of nitrogens with two attached hydrogens (primary N) is 1. The third kappa shape index (κ3) is 4.20. The largest absolute Gasteiger partial charge is 0.398 e. The second-order valence-electron chi connectivity index (χ2n) is 4.69. The molecule has 4 heteroatoms. The Morgan fingerprint density at radius 2 is 2.06 bits per heavy atom. The minimum absolute atomic E-state index is 0.341. The predicted octanol–water partition coefficient (Wildman–Crippen LogP) is 2.71. The van der Waals surface area contributed by atoms with Gasteiger partial charge in [0, 0.05) is 11.4 Å². The van der Waals surface area contributed by atoms with Crippen LogP contribution >= 0.6 is 0 Å². The Labute approximate surface area is 105 Å². The fraction of sp³-hybridized carbons (Fsp3) is 0.462. The van der Waals surface area contributed by atoms with E-state index in [9.17, 15) is 4.21 Å². The Morgan fingerprint density at radius 3 is 2.65 bits per heavy atom. The summed E-state index contributed by atoms with van der Waals surface area (Å²) in [6.45, 7) is 3.79. The molecule has 0 spiro atoms. The molecule has 0 bridgehead atoms. The molecule has 0 fully saturated rings. The molecule has 2 N–H and O–H groups in total. The first-order valence-corrected chi connectivity index (χ1v) is 6.92. The summed E-state index contributed by atoms with van der Waals surface area (Å²) in [5, 5.41) is 8.87. The molecule has 0 saturated carbocycles. The third-order valence-corrected chi connectivity index (χ3v) is 4.12. The molecule has 92 valence electrons. The van der Waals surface area contributed by atoms with Gasteiger partial charge in [0.25, 0.3) is 0 Å². The molecule has 17 heavy (non-hydrogen) atoms. The fourth-order valence-corrected chi connectivity index (χ4v) is 2.69. The number of anilines is 1. The van der Waals surface area contributed by atoms with Crippen LogP contribution in [0.2, 0.25) is 0 Å². The first-order chi connectivity index (χ1) is 7.96. The van der Waals surface area contributed by atoms with Crippen molar-refractivity contribution < 1.29 is 4.21 Å². The highest BCUT2D eigenvalue weighted by atomic mass is 32.2. The molecule has 0 heterocycles. The summed E-state index contributed by atoms with van der Waals surface area (Å²) in [6, 6.07) is 9.46. The highest BCUT2D eigenvalue weighted by Gasteiger charge is 2.17. The van der Waals surface area contributed by atoms with Crippen molar-refractivity contribution in [2.75, 3.05) is 11.5 Å². The summed E-state index contributed by atoms with van der Waals surface area (Å²) in [5.41, 5.74) is 5.99. The number of hydrogen-bond acceptors (Lipinski definition) is 3. The third-order valence-electron chi connectivity index (χ3n) is 2.60. The molecule has 1 aromatic rings. The maximum atomic E-state index is 12.0. The van der Waals surface area contributed by atoms with Crippen LogP contribution in [0.4, 0.5) is 5.69 Å². The number of nitriles is 1. The van der Waals surface area contributed by atoms with Gasteiger partial charge < -0.3 is 5.73 Å². The van der Waals surface area contributed by atoms with Crippen molar-refractivity contribution >= 4 is 16.5 Å². The number of nitrogens with zero attached hydrogens (tertiary/aromatic N) is 1. The molecule has 0 aliphatic carbocycles. The van der Waals surface area contributed by atoms with E-state index in [2.05, 4.69) is 6.07 Å². The standard InChI is InChI=1S/C13H18N2OS/c1-13(2,10-14)8-5-9-17(16)12-7-4-3-6-11(12)15/h3-4,6-7H,5,8-9,15H2,1-2H3. The Kier molecular flexibility index (Phi) is 4.71. The molecule has 0 saturated heterocycles. The van der Waals surface area contributed by atoms with E-state index in [1.165, 1.54) is 0 Å². The molecule has 1 atom stereocenters. The normalized spacial score (nSPS) is 13.0. The lowest BCUT2D eigenvalue weighted by Crippen LogP contribution is -2.10. The van der Waals surface area contributed by atoms with E-state index in [0.717, 1.165) is 12.8 Å². The van der Waals surface area contributed by atoms with Gasteiger partial charge in [-0.05, 0) is 38.8 Å². The molecule has 1 rings (SSSR count). The van der Waals surface area contributed by atoms with Crippen LogP contribution < -0.4 is 5.73 Å². The maximum absolute atomic E-state index is 12.0. The number of hydrogen-bond donors (Lipinski definition) is 1. The Hall–Kier alpha value is -1.34. The summed E-state index contributed by atoms with van der Waals surface area (Å²) < 4.78 is 12.0. The Bertz CT molecular complexity index is 449. The SMILES string of the molecule is CC(C)(C#N)CCCS(=O)c1ccccc1N. The number of nitrogen functional groups attached to an aromatic ring is 1. The van der Waals surface area contributed by atoms with Crippen LogP contribution in [0.25, 0.3) is 0 Å². The highest BCUT2D eigenvalue weighted by molar-refractivity contribution is 7.85. The average Bonchev–Trinajstić information content (AvgIpc) is 2.29. The first-order valence-electron chi connectivity index (χ1n) is 5.60. The molecule has 1 unspecified atom stereocenters. The zero-order chi connectivity index (χ0) is 12.9. The van der Waals surface area contributed by atoms with E-state index in [1.54, 1.807) is 12.1 Å². The molecular formula is C13H18N2OS. The molecule has 0 aliphatic rings. The first kappa shape index (κ1) is 13.7. The van der Waals surface area contributed by atoms with E-state index < -0.39 is 10.8 Å². The van der Waals surface area contributed by atoms with Gasteiger partial charge in [-0.1, -0.05) is 12.1 Å². The van der Waals surface area contributed by atoms with Crippen molar-refractivity contribution in [3.05, 3.63) is 24.3 Å². The monoisotopic (exact) mass is 250 g/mol. The van der Waals surface area contributed by atoms with Gasteiger partial charge in [-0.25, -0.2) is 0 Å². The van der Waals surface area contributed by atoms with Gasteiger partial charge in [0.05, 0.1) is 27.2 Å². The Balaban J connectivity index is 2.53. The van der Waals surface area contributed by atoms with Gasteiger partial charge >= 0.3 is 0 Å². The van der Waals surface area contributed by atoms with E-state index in [-0.39, 0.29) is 5.41 Å². The van der Waals surface area contributed by atoms with Gasteiger partial charge in [-0.3, -0.25) is 4.21 Å². The van der Waals surface area contributed by atoms with E-state index in [4.69, 9.17) is 11.0 Å². The predicted molar refractivity (Wildman–Crippen MR) is 70.8 cm³/mol. The Morgan fingerprint density at radius 1 is 1.41 bits per heavy atom. The lowest BCUT2D eigenvalue weighted by molar-refractivity contribution is 0.447. The van der Waals surface area contributed by atoms with Crippen molar-refractivity contribution in [1.82, 2.24) is 0 Å². The van der Waals surface area contributed by atoms with Gasteiger partial charge in [0.1, 0.15) is 0 Å². The van der Waals surface area contributed by atoms with Crippen LogP contribution in [0.5, 0.6) is 0 Å². The molecule has 0 aliphatic heterocycles. The smallest absolute Gasteiger partial charge is 0.0683 e. The lowest BCUT2D eigenvalue weighted by Gasteiger charge is -2.14. The van der Waals surface area contributed by atoms with E-state index >= 15 is 0 Å². The van der Waals surface area contributed by atoms with Crippen molar-refractivity contribution in [2.45, 2.75) is 31.6 Å². The average molecular weight is 250 g/mol. The van der Waals surface area contributed by atoms with Crippen molar-refractivity contribution in [2.24, 2.45) is 5.41 Å². The van der Waals surface area contributed by atoms with Gasteiger partial charge in [-0.15, -0.1) is 0 Å².